The molecule has 1 aliphatic rings. The van der Waals surface area contributed by atoms with Gasteiger partial charge in [-0.05, 0) is 37.3 Å². The number of carbonyl (C=O) groups excluding carboxylic acids is 1. The summed E-state index contributed by atoms with van der Waals surface area (Å²) in [6, 6.07) is 14.4. The minimum atomic E-state index is -0.503. The molecule has 2 heterocycles. The van der Waals surface area contributed by atoms with Crippen molar-refractivity contribution in [1.29, 1.82) is 0 Å². The van der Waals surface area contributed by atoms with Gasteiger partial charge in [0, 0.05) is 54.5 Å². The van der Waals surface area contributed by atoms with E-state index >= 15 is 0 Å². The van der Waals surface area contributed by atoms with Gasteiger partial charge in [0.1, 0.15) is 17.9 Å². The third-order valence-electron chi connectivity index (χ3n) is 5.18. The Morgan fingerprint density at radius 1 is 1.16 bits per heavy atom. The average Bonchev–Trinajstić information content (AvgIpc) is 2.80. The van der Waals surface area contributed by atoms with Crippen molar-refractivity contribution in [3.8, 4) is 11.6 Å². The number of nitro groups is 1. The van der Waals surface area contributed by atoms with Gasteiger partial charge in [0.2, 0.25) is 5.88 Å². The molecule has 1 fully saturated rings. The van der Waals surface area contributed by atoms with Gasteiger partial charge >= 0.3 is 0 Å². The molecule has 1 aromatic heterocycles. The van der Waals surface area contributed by atoms with E-state index in [2.05, 4.69) is 14.9 Å². The Balaban J connectivity index is 1.44. The van der Waals surface area contributed by atoms with E-state index in [4.69, 9.17) is 16.3 Å². The van der Waals surface area contributed by atoms with Crippen LogP contribution in [0, 0.1) is 10.1 Å². The first-order valence-corrected chi connectivity index (χ1v) is 10.3. The third-order valence-corrected chi connectivity index (χ3v) is 5.43. The summed E-state index contributed by atoms with van der Waals surface area (Å²) in [4.78, 5) is 35.7. The van der Waals surface area contributed by atoms with Crippen molar-refractivity contribution < 1.29 is 14.5 Å². The number of anilines is 1. The summed E-state index contributed by atoms with van der Waals surface area (Å²) in [6.45, 7) is 3.51. The number of nitrogens with zero attached hydrogens (tertiary/aromatic N) is 5. The van der Waals surface area contributed by atoms with E-state index < -0.39 is 4.92 Å². The van der Waals surface area contributed by atoms with Gasteiger partial charge < -0.3 is 14.5 Å². The summed E-state index contributed by atoms with van der Waals surface area (Å²) in [5, 5.41) is 11.6. The number of carbonyl (C=O) groups is 1. The Hall–Kier alpha value is -3.72. The molecule has 0 radical (unpaired) electrons. The fourth-order valence-electron chi connectivity index (χ4n) is 3.57. The molecule has 0 aliphatic carbocycles. The largest absolute Gasteiger partial charge is 0.439 e. The van der Waals surface area contributed by atoms with Gasteiger partial charge in [-0.1, -0.05) is 17.7 Å². The Kier molecular flexibility index (Phi) is 6.18. The summed E-state index contributed by atoms with van der Waals surface area (Å²) in [6.07, 6.45) is 1.44. The molecule has 10 heteroatoms. The average molecular weight is 454 g/mol. The zero-order chi connectivity index (χ0) is 22.7. The second-order valence-corrected chi connectivity index (χ2v) is 7.81. The van der Waals surface area contributed by atoms with Crippen LogP contribution in [0.2, 0.25) is 5.02 Å². The minimum Gasteiger partial charge on any atom is -0.439 e. The van der Waals surface area contributed by atoms with Crippen LogP contribution in [0.5, 0.6) is 11.6 Å². The van der Waals surface area contributed by atoms with E-state index in [1.54, 1.807) is 41.3 Å². The Bertz CT molecular complexity index is 1140. The zero-order valence-corrected chi connectivity index (χ0v) is 18.0. The fraction of sp³-hybridized carbons (Fsp3) is 0.227. The molecule has 1 atom stereocenters. The first-order valence-electron chi connectivity index (χ1n) is 9.96. The van der Waals surface area contributed by atoms with Crippen molar-refractivity contribution in [1.82, 2.24) is 14.9 Å². The molecule has 0 spiro atoms. The molecule has 0 saturated carbocycles. The lowest BCUT2D eigenvalue weighted by atomic mass is 10.1. The molecule has 0 unspecified atom stereocenters. The summed E-state index contributed by atoms with van der Waals surface area (Å²) < 4.78 is 5.78. The van der Waals surface area contributed by atoms with E-state index in [-0.39, 0.29) is 17.6 Å². The SMILES string of the molecule is C[C@@H]1CN(c2cc(Oc3ccc(Cl)cc3)ncn2)CCN1C(=O)c1cccc([N+](=O)[O-])c1. The fourth-order valence-corrected chi connectivity index (χ4v) is 3.69. The number of ether oxygens (including phenoxy) is 1. The Labute approximate surface area is 189 Å². The molecular formula is C22H20ClN5O4. The molecular weight excluding hydrogens is 434 g/mol. The first kappa shape index (κ1) is 21.5. The number of hydrogen-bond acceptors (Lipinski definition) is 7. The van der Waals surface area contributed by atoms with Crippen LogP contribution in [0.15, 0.2) is 60.9 Å². The standard InChI is InChI=1S/C22H20ClN5O4/c1-15-13-26(9-10-27(15)22(29)16-3-2-4-18(11-16)28(30)31)20-12-21(25-14-24-20)32-19-7-5-17(23)6-8-19/h2-8,11-12,14-15H,9-10,13H2,1H3/t15-/m1/s1. The lowest BCUT2D eigenvalue weighted by Crippen LogP contribution is -2.54. The van der Waals surface area contributed by atoms with Crippen LogP contribution in [0.3, 0.4) is 0 Å². The molecule has 1 saturated heterocycles. The van der Waals surface area contributed by atoms with E-state index in [9.17, 15) is 14.9 Å². The van der Waals surface area contributed by atoms with Crippen molar-refractivity contribution in [3.63, 3.8) is 0 Å². The van der Waals surface area contributed by atoms with E-state index in [1.165, 1.54) is 24.5 Å². The van der Waals surface area contributed by atoms with Crippen molar-refractivity contribution in [2.45, 2.75) is 13.0 Å². The molecule has 0 N–H and O–H groups in total. The van der Waals surface area contributed by atoms with Crippen molar-refractivity contribution >= 4 is 29.0 Å². The van der Waals surface area contributed by atoms with E-state index in [0.717, 1.165) is 0 Å². The van der Waals surface area contributed by atoms with Crippen LogP contribution in [0.1, 0.15) is 17.3 Å². The maximum Gasteiger partial charge on any atom is 0.270 e. The lowest BCUT2D eigenvalue weighted by molar-refractivity contribution is -0.384. The number of halogens is 1. The highest BCUT2D eigenvalue weighted by Gasteiger charge is 2.29. The predicted molar refractivity (Wildman–Crippen MR) is 119 cm³/mol. The topological polar surface area (TPSA) is 102 Å². The number of amides is 1. The monoisotopic (exact) mass is 453 g/mol. The van der Waals surface area contributed by atoms with Crippen LogP contribution in [0.25, 0.3) is 0 Å². The van der Waals surface area contributed by atoms with Crippen molar-refractivity contribution in [3.05, 3.63) is 81.6 Å². The number of rotatable bonds is 5. The van der Waals surface area contributed by atoms with Crippen LogP contribution in [-0.2, 0) is 0 Å². The quantitative estimate of drug-likeness (QED) is 0.421. The van der Waals surface area contributed by atoms with Gasteiger partial charge in [0.25, 0.3) is 11.6 Å². The number of benzene rings is 2. The molecule has 1 aliphatic heterocycles. The minimum absolute atomic E-state index is 0.101. The van der Waals surface area contributed by atoms with Crippen molar-refractivity contribution in [2.24, 2.45) is 0 Å². The molecule has 32 heavy (non-hydrogen) atoms. The van der Waals surface area contributed by atoms with Gasteiger partial charge in [-0.3, -0.25) is 14.9 Å². The highest BCUT2D eigenvalue weighted by atomic mass is 35.5. The number of non-ortho nitro benzene ring substituents is 1. The molecule has 164 valence electrons. The second-order valence-electron chi connectivity index (χ2n) is 7.37. The van der Waals surface area contributed by atoms with Crippen LogP contribution in [-0.4, -0.2) is 51.4 Å². The van der Waals surface area contributed by atoms with Crippen LogP contribution < -0.4 is 9.64 Å². The molecule has 3 aromatic rings. The highest BCUT2D eigenvalue weighted by Crippen LogP contribution is 2.25. The highest BCUT2D eigenvalue weighted by molar-refractivity contribution is 6.30. The van der Waals surface area contributed by atoms with Gasteiger partial charge in [-0.15, -0.1) is 0 Å². The third kappa shape index (κ3) is 4.78. The number of piperazine rings is 1. The molecule has 4 rings (SSSR count). The summed E-state index contributed by atoms with van der Waals surface area (Å²) in [5.41, 5.74) is 0.205. The second kappa shape index (κ2) is 9.19. The predicted octanol–water partition coefficient (Wildman–Crippen LogP) is 4.18. The Morgan fingerprint density at radius 2 is 1.94 bits per heavy atom. The van der Waals surface area contributed by atoms with Crippen molar-refractivity contribution in [2.75, 3.05) is 24.5 Å². The summed E-state index contributed by atoms with van der Waals surface area (Å²) in [5.74, 6) is 1.48. The Morgan fingerprint density at radius 3 is 2.66 bits per heavy atom. The number of hydrogen-bond donors (Lipinski definition) is 0. The molecule has 0 bridgehead atoms. The van der Waals surface area contributed by atoms with E-state index in [0.29, 0.717) is 47.7 Å². The zero-order valence-electron chi connectivity index (χ0n) is 17.2. The van der Waals surface area contributed by atoms with E-state index in [1.807, 2.05) is 6.92 Å². The summed E-state index contributed by atoms with van der Waals surface area (Å²) >= 11 is 5.90. The van der Waals surface area contributed by atoms with Crippen LogP contribution in [0.4, 0.5) is 11.5 Å². The smallest absolute Gasteiger partial charge is 0.270 e. The molecule has 1 amide bonds. The number of nitro benzene ring substituents is 1. The summed E-state index contributed by atoms with van der Waals surface area (Å²) in [7, 11) is 0. The van der Waals surface area contributed by atoms with Gasteiger partial charge in [-0.2, -0.15) is 0 Å². The number of aromatic nitrogens is 2. The van der Waals surface area contributed by atoms with Gasteiger partial charge in [0.15, 0.2) is 0 Å². The van der Waals surface area contributed by atoms with Gasteiger partial charge in [-0.25, -0.2) is 9.97 Å². The lowest BCUT2D eigenvalue weighted by Gasteiger charge is -2.40. The normalized spacial score (nSPS) is 16.0. The maximum absolute atomic E-state index is 12.9. The maximum atomic E-state index is 12.9. The first-order chi connectivity index (χ1) is 15.4. The van der Waals surface area contributed by atoms with Crippen LogP contribution >= 0.6 is 11.6 Å². The molecule has 2 aromatic carbocycles. The van der Waals surface area contributed by atoms with Gasteiger partial charge in [0.05, 0.1) is 4.92 Å². The molecule has 9 nitrogen and oxygen atoms in total.